The quantitative estimate of drug-likeness (QED) is 0.711. The smallest absolute Gasteiger partial charge is 0.387 e. The van der Waals surface area contributed by atoms with Crippen molar-refractivity contribution in [1.29, 1.82) is 0 Å². The molecule has 0 amide bonds. The number of hydrogen-bond donors (Lipinski definition) is 1. The van der Waals surface area contributed by atoms with Gasteiger partial charge >= 0.3 is 6.61 Å². The van der Waals surface area contributed by atoms with Crippen LogP contribution in [0.1, 0.15) is 38.3 Å². The van der Waals surface area contributed by atoms with E-state index in [-0.39, 0.29) is 11.8 Å². The summed E-state index contributed by atoms with van der Waals surface area (Å²) in [6.45, 7) is 6.13. The highest BCUT2D eigenvalue weighted by atomic mass is 19.3. The molecule has 0 spiro atoms. The Bertz CT molecular complexity index is 390. The SMILES string of the molecule is C=C(C)CC(NCCC)c1ccc(OC(F)F)cc1. The topological polar surface area (TPSA) is 21.3 Å². The lowest BCUT2D eigenvalue weighted by Crippen LogP contribution is -2.22. The first-order chi connectivity index (χ1) is 9.02. The van der Waals surface area contributed by atoms with Crippen molar-refractivity contribution in [1.82, 2.24) is 5.32 Å². The van der Waals surface area contributed by atoms with Crippen LogP contribution in [0.25, 0.3) is 0 Å². The van der Waals surface area contributed by atoms with Crippen molar-refractivity contribution in [3.05, 3.63) is 42.0 Å². The molecule has 1 rings (SSSR count). The minimum Gasteiger partial charge on any atom is -0.435 e. The fraction of sp³-hybridized carbons (Fsp3) is 0.467. The van der Waals surface area contributed by atoms with E-state index in [9.17, 15) is 8.78 Å². The number of hydrogen-bond acceptors (Lipinski definition) is 2. The molecule has 1 aromatic rings. The normalized spacial score (nSPS) is 12.5. The molecule has 4 heteroatoms. The van der Waals surface area contributed by atoms with E-state index in [4.69, 9.17) is 0 Å². The van der Waals surface area contributed by atoms with Gasteiger partial charge < -0.3 is 10.1 Å². The third kappa shape index (κ3) is 5.83. The standard InChI is InChI=1S/C15H21F2NO/c1-4-9-18-14(10-11(2)3)12-5-7-13(8-6-12)19-15(16)17/h5-8,14-15,18H,2,4,9-10H2,1,3H3. The Morgan fingerprint density at radius 3 is 2.42 bits per heavy atom. The highest BCUT2D eigenvalue weighted by Gasteiger charge is 2.11. The van der Waals surface area contributed by atoms with Crippen LogP contribution in [0.3, 0.4) is 0 Å². The fourth-order valence-corrected chi connectivity index (χ4v) is 1.86. The monoisotopic (exact) mass is 269 g/mol. The molecular formula is C15H21F2NO. The zero-order chi connectivity index (χ0) is 14.3. The third-order valence-corrected chi connectivity index (χ3v) is 2.70. The number of ether oxygens (including phenoxy) is 1. The lowest BCUT2D eigenvalue weighted by molar-refractivity contribution is -0.0498. The number of alkyl halides is 2. The molecule has 1 unspecified atom stereocenters. The van der Waals surface area contributed by atoms with E-state index in [0.29, 0.717) is 0 Å². The van der Waals surface area contributed by atoms with Gasteiger partial charge in [-0.25, -0.2) is 0 Å². The van der Waals surface area contributed by atoms with Gasteiger partial charge in [0.25, 0.3) is 0 Å². The Balaban J connectivity index is 2.74. The molecule has 0 aliphatic rings. The summed E-state index contributed by atoms with van der Waals surface area (Å²) in [6, 6.07) is 6.93. The summed E-state index contributed by atoms with van der Waals surface area (Å²) in [5, 5.41) is 3.43. The van der Waals surface area contributed by atoms with Crippen molar-refractivity contribution in [2.75, 3.05) is 6.54 Å². The second-order valence-electron chi connectivity index (χ2n) is 4.62. The minimum atomic E-state index is -2.78. The van der Waals surface area contributed by atoms with E-state index in [2.05, 4.69) is 23.6 Å². The molecule has 2 nitrogen and oxygen atoms in total. The lowest BCUT2D eigenvalue weighted by atomic mass is 10.00. The molecular weight excluding hydrogens is 248 g/mol. The molecule has 0 radical (unpaired) electrons. The molecule has 0 aromatic heterocycles. The van der Waals surface area contributed by atoms with Crippen LogP contribution in [0.15, 0.2) is 36.4 Å². The average molecular weight is 269 g/mol. The van der Waals surface area contributed by atoms with Crippen molar-refractivity contribution < 1.29 is 13.5 Å². The molecule has 106 valence electrons. The summed E-state index contributed by atoms with van der Waals surface area (Å²) in [5.41, 5.74) is 2.14. The van der Waals surface area contributed by atoms with Crippen LogP contribution in [0.4, 0.5) is 8.78 Å². The second-order valence-corrected chi connectivity index (χ2v) is 4.62. The Kier molecular flexibility index (Phi) is 6.50. The van der Waals surface area contributed by atoms with Crippen LogP contribution in [0, 0.1) is 0 Å². The molecule has 0 bridgehead atoms. The number of nitrogens with one attached hydrogen (secondary N) is 1. The molecule has 0 fully saturated rings. The first-order valence-corrected chi connectivity index (χ1v) is 6.45. The van der Waals surface area contributed by atoms with Crippen LogP contribution >= 0.6 is 0 Å². The first kappa shape index (κ1) is 15.6. The molecule has 1 aromatic carbocycles. The van der Waals surface area contributed by atoms with Crippen molar-refractivity contribution in [2.45, 2.75) is 39.3 Å². The van der Waals surface area contributed by atoms with Crippen LogP contribution in [0.2, 0.25) is 0 Å². The third-order valence-electron chi connectivity index (χ3n) is 2.70. The van der Waals surface area contributed by atoms with Crippen molar-refractivity contribution >= 4 is 0 Å². The summed E-state index contributed by atoms with van der Waals surface area (Å²) >= 11 is 0. The van der Waals surface area contributed by atoms with Crippen LogP contribution in [0.5, 0.6) is 5.75 Å². The first-order valence-electron chi connectivity index (χ1n) is 6.45. The molecule has 0 aliphatic carbocycles. The summed E-state index contributed by atoms with van der Waals surface area (Å²) in [5.74, 6) is 0.184. The minimum absolute atomic E-state index is 0.165. The van der Waals surface area contributed by atoms with Crippen LogP contribution in [-0.2, 0) is 0 Å². The highest BCUT2D eigenvalue weighted by Crippen LogP contribution is 2.23. The number of rotatable bonds is 8. The van der Waals surface area contributed by atoms with E-state index in [0.717, 1.165) is 30.5 Å². The van der Waals surface area contributed by atoms with E-state index in [1.165, 1.54) is 0 Å². The molecule has 19 heavy (non-hydrogen) atoms. The molecule has 0 aliphatic heterocycles. The average Bonchev–Trinajstić information content (AvgIpc) is 2.34. The van der Waals surface area contributed by atoms with E-state index in [1.807, 2.05) is 19.1 Å². The lowest BCUT2D eigenvalue weighted by Gasteiger charge is -2.19. The van der Waals surface area contributed by atoms with Gasteiger partial charge in [-0.05, 0) is 44.0 Å². The molecule has 0 saturated carbocycles. The Labute approximate surface area is 113 Å². The zero-order valence-electron chi connectivity index (χ0n) is 11.5. The van der Waals surface area contributed by atoms with Gasteiger partial charge in [0.15, 0.2) is 0 Å². The second kappa shape index (κ2) is 7.89. The van der Waals surface area contributed by atoms with Gasteiger partial charge in [0, 0.05) is 6.04 Å². The van der Waals surface area contributed by atoms with Crippen LogP contribution in [-0.4, -0.2) is 13.2 Å². The van der Waals surface area contributed by atoms with Crippen molar-refractivity contribution in [2.24, 2.45) is 0 Å². The van der Waals surface area contributed by atoms with E-state index in [1.54, 1.807) is 12.1 Å². The Morgan fingerprint density at radius 2 is 1.95 bits per heavy atom. The Morgan fingerprint density at radius 1 is 1.32 bits per heavy atom. The number of halogens is 2. The summed E-state index contributed by atoms with van der Waals surface area (Å²) < 4.78 is 28.5. The Hall–Kier alpha value is -1.42. The van der Waals surface area contributed by atoms with E-state index >= 15 is 0 Å². The maximum Gasteiger partial charge on any atom is 0.387 e. The summed E-state index contributed by atoms with van der Waals surface area (Å²) in [4.78, 5) is 0. The van der Waals surface area contributed by atoms with Gasteiger partial charge in [-0.2, -0.15) is 8.78 Å². The van der Waals surface area contributed by atoms with Crippen molar-refractivity contribution in [3.8, 4) is 5.75 Å². The van der Waals surface area contributed by atoms with Crippen LogP contribution < -0.4 is 10.1 Å². The van der Waals surface area contributed by atoms with Gasteiger partial charge in [-0.1, -0.05) is 24.6 Å². The number of benzene rings is 1. The van der Waals surface area contributed by atoms with Crippen molar-refractivity contribution in [3.63, 3.8) is 0 Å². The molecule has 0 heterocycles. The van der Waals surface area contributed by atoms with Gasteiger partial charge in [0.05, 0.1) is 0 Å². The fourth-order valence-electron chi connectivity index (χ4n) is 1.86. The predicted molar refractivity (Wildman–Crippen MR) is 73.5 cm³/mol. The maximum absolute atomic E-state index is 12.1. The summed E-state index contributed by atoms with van der Waals surface area (Å²) in [7, 11) is 0. The zero-order valence-corrected chi connectivity index (χ0v) is 11.5. The van der Waals surface area contributed by atoms with Gasteiger partial charge in [-0.3, -0.25) is 0 Å². The highest BCUT2D eigenvalue weighted by molar-refractivity contribution is 5.29. The van der Waals surface area contributed by atoms with Gasteiger partial charge in [-0.15, -0.1) is 6.58 Å². The largest absolute Gasteiger partial charge is 0.435 e. The van der Waals surface area contributed by atoms with E-state index < -0.39 is 6.61 Å². The molecule has 0 saturated heterocycles. The van der Waals surface area contributed by atoms with Gasteiger partial charge in [0.1, 0.15) is 5.75 Å². The maximum atomic E-state index is 12.1. The van der Waals surface area contributed by atoms with Gasteiger partial charge in [0.2, 0.25) is 0 Å². The summed E-state index contributed by atoms with van der Waals surface area (Å²) in [6.07, 6.45) is 1.87. The predicted octanol–water partition coefficient (Wildman–Crippen LogP) is 4.29. The molecule has 1 atom stereocenters. The molecule has 1 N–H and O–H groups in total.